The number of rotatable bonds is 7. The predicted molar refractivity (Wildman–Crippen MR) is 127 cm³/mol. The fraction of sp³-hybridized carbons (Fsp3) is 0.385. The molecule has 0 spiro atoms. The molecule has 2 aliphatic rings. The van der Waals surface area contributed by atoms with Crippen LogP contribution in [0.5, 0.6) is 17.2 Å². The lowest BCUT2D eigenvalue weighted by molar-refractivity contribution is -0.139. The van der Waals surface area contributed by atoms with E-state index in [9.17, 15) is 19.8 Å². The highest BCUT2D eigenvalue weighted by Gasteiger charge is 2.46. The van der Waals surface area contributed by atoms with Gasteiger partial charge in [0.1, 0.15) is 17.6 Å². The number of amides is 1. The molecule has 2 aromatic rings. The molecule has 2 unspecified atom stereocenters. The summed E-state index contributed by atoms with van der Waals surface area (Å²) in [6.07, 6.45) is 1.40. The lowest BCUT2D eigenvalue weighted by Crippen LogP contribution is -2.32. The van der Waals surface area contributed by atoms with Gasteiger partial charge in [0, 0.05) is 18.5 Å². The summed E-state index contributed by atoms with van der Waals surface area (Å²) in [5.74, 6) is -0.690. The van der Waals surface area contributed by atoms with Gasteiger partial charge in [-0.05, 0) is 75.4 Å². The number of phenolic OH excluding ortho intramolecular Hbond substituents is 1. The van der Waals surface area contributed by atoms with E-state index < -0.39 is 17.7 Å². The van der Waals surface area contributed by atoms with E-state index in [1.165, 1.54) is 18.1 Å². The zero-order chi connectivity index (χ0) is 24.6. The highest BCUT2D eigenvalue weighted by Crippen LogP contribution is 2.42. The van der Waals surface area contributed by atoms with Crippen molar-refractivity contribution in [3.63, 3.8) is 0 Å². The van der Waals surface area contributed by atoms with Gasteiger partial charge in [0.05, 0.1) is 18.7 Å². The van der Waals surface area contributed by atoms with Crippen LogP contribution >= 0.6 is 0 Å². The Balaban J connectivity index is 1.81. The van der Waals surface area contributed by atoms with E-state index in [2.05, 4.69) is 0 Å². The van der Waals surface area contributed by atoms with Gasteiger partial charge < -0.3 is 29.5 Å². The molecule has 1 fully saturated rings. The number of ether oxygens (including phenoxy) is 2. The number of methoxy groups -OCH3 is 1. The van der Waals surface area contributed by atoms with Gasteiger partial charge in [-0.3, -0.25) is 9.59 Å². The topological polar surface area (TPSA) is 99.5 Å². The summed E-state index contributed by atoms with van der Waals surface area (Å²) in [4.78, 5) is 29.8. The number of hydrogen-bond acceptors (Lipinski definition) is 7. The molecule has 1 saturated heterocycles. The molecule has 0 aromatic heterocycles. The Bertz CT molecular complexity index is 1160. The highest BCUT2D eigenvalue weighted by atomic mass is 16.5. The number of phenols is 1. The summed E-state index contributed by atoms with van der Waals surface area (Å²) in [7, 11) is 5.31. The van der Waals surface area contributed by atoms with E-state index in [0.717, 1.165) is 17.9 Å². The van der Waals surface area contributed by atoms with Crippen LogP contribution in [0.2, 0.25) is 0 Å². The third-order valence-electron chi connectivity index (χ3n) is 6.23. The predicted octanol–water partition coefficient (Wildman–Crippen LogP) is 3.10. The third kappa shape index (κ3) is 4.33. The minimum absolute atomic E-state index is 0.0227. The highest BCUT2D eigenvalue weighted by molar-refractivity contribution is 6.46. The summed E-state index contributed by atoms with van der Waals surface area (Å²) >= 11 is 0. The maximum absolute atomic E-state index is 13.2. The van der Waals surface area contributed by atoms with Gasteiger partial charge in [0.25, 0.3) is 11.7 Å². The van der Waals surface area contributed by atoms with Crippen LogP contribution in [0.25, 0.3) is 5.76 Å². The number of aliphatic hydroxyl groups excluding tert-OH is 1. The van der Waals surface area contributed by atoms with Crippen molar-refractivity contribution in [3.05, 3.63) is 58.7 Å². The van der Waals surface area contributed by atoms with E-state index in [0.29, 0.717) is 30.5 Å². The van der Waals surface area contributed by atoms with E-state index in [1.807, 2.05) is 32.0 Å². The Hall–Kier alpha value is -3.52. The van der Waals surface area contributed by atoms with Crippen LogP contribution in [-0.4, -0.2) is 72.1 Å². The number of aliphatic hydroxyl groups is 1. The summed E-state index contributed by atoms with van der Waals surface area (Å²) < 4.78 is 11.0. The molecule has 34 heavy (non-hydrogen) atoms. The SMILES string of the molecule is COc1cc(C2C(=C(O)c3ccc4c(c3)CC(C)O4)C(=O)C(=O)N2CCCN(C)C)ccc1O. The Morgan fingerprint density at radius 3 is 2.68 bits per heavy atom. The first-order valence-corrected chi connectivity index (χ1v) is 11.3. The van der Waals surface area contributed by atoms with Crippen LogP contribution in [0.1, 0.15) is 36.1 Å². The molecule has 0 aliphatic carbocycles. The first-order valence-electron chi connectivity index (χ1n) is 11.3. The zero-order valence-electron chi connectivity index (χ0n) is 19.9. The van der Waals surface area contributed by atoms with Crippen LogP contribution in [0.15, 0.2) is 42.0 Å². The van der Waals surface area contributed by atoms with Crippen molar-refractivity contribution in [3.8, 4) is 17.2 Å². The van der Waals surface area contributed by atoms with Crippen molar-refractivity contribution in [1.29, 1.82) is 0 Å². The van der Waals surface area contributed by atoms with Gasteiger partial charge in [-0.2, -0.15) is 0 Å². The molecule has 4 rings (SSSR count). The number of likely N-dealkylation sites (tertiary alicyclic amines) is 1. The monoisotopic (exact) mass is 466 g/mol. The average Bonchev–Trinajstić information content (AvgIpc) is 3.29. The van der Waals surface area contributed by atoms with E-state index >= 15 is 0 Å². The number of Topliss-reactive ketones (excluding diaryl/α,β-unsaturated/α-hetero) is 1. The normalized spacial score (nSPS) is 21.1. The van der Waals surface area contributed by atoms with Crippen molar-refractivity contribution in [2.75, 3.05) is 34.3 Å². The number of hydrogen-bond donors (Lipinski definition) is 2. The van der Waals surface area contributed by atoms with Gasteiger partial charge in [0.15, 0.2) is 11.5 Å². The van der Waals surface area contributed by atoms with Crippen LogP contribution in [0.3, 0.4) is 0 Å². The van der Waals surface area contributed by atoms with Crippen LogP contribution in [-0.2, 0) is 16.0 Å². The van der Waals surface area contributed by atoms with Crippen LogP contribution in [0.4, 0.5) is 0 Å². The Kier molecular flexibility index (Phi) is 6.52. The number of carbonyl (C=O) groups excluding carboxylic acids is 2. The zero-order valence-corrected chi connectivity index (χ0v) is 19.9. The van der Waals surface area contributed by atoms with Crippen molar-refractivity contribution in [2.45, 2.75) is 31.9 Å². The number of ketones is 1. The van der Waals surface area contributed by atoms with Crippen molar-refractivity contribution < 1.29 is 29.3 Å². The molecule has 2 aliphatic heterocycles. The van der Waals surface area contributed by atoms with Crippen molar-refractivity contribution >= 4 is 17.4 Å². The molecule has 1 amide bonds. The minimum atomic E-state index is -0.805. The smallest absolute Gasteiger partial charge is 0.295 e. The first-order chi connectivity index (χ1) is 16.2. The molecule has 0 radical (unpaired) electrons. The second-order valence-corrected chi connectivity index (χ2v) is 9.04. The largest absolute Gasteiger partial charge is 0.507 e. The minimum Gasteiger partial charge on any atom is -0.507 e. The fourth-order valence-corrected chi connectivity index (χ4v) is 4.60. The third-order valence-corrected chi connectivity index (χ3v) is 6.23. The molecular weight excluding hydrogens is 436 g/mol. The quantitative estimate of drug-likeness (QED) is 0.367. The van der Waals surface area contributed by atoms with Gasteiger partial charge in [-0.15, -0.1) is 0 Å². The first kappa shape index (κ1) is 23.6. The van der Waals surface area contributed by atoms with E-state index in [1.54, 1.807) is 24.3 Å². The second kappa shape index (κ2) is 9.38. The lowest BCUT2D eigenvalue weighted by atomic mass is 9.94. The molecular formula is C26H30N2O6. The summed E-state index contributed by atoms with van der Waals surface area (Å²) in [6.45, 7) is 3.04. The molecule has 8 heteroatoms. The van der Waals surface area contributed by atoms with Gasteiger partial charge >= 0.3 is 0 Å². The lowest BCUT2D eigenvalue weighted by Gasteiger charge is -2.26. The average molecular weight is 467 g/mol. The number of nitrogens with zero attached hydrogens (tertiary/aromatic N) is 2. The molecule has 0 bridgehead atoms. The fourth-order valence-electron chi connectivity index (χ4n) is 4.60. The Morgan fingerprint density at radius 1 is 1.21 bits per heavy atom. The van der Waals surface area contributed by atoms with Gasteiger partial charge in [-0.1, -0.05) is 6.07 Å². The number of carbonyl (C=O) groups is 2. The molecule has 2 aromatic carbocycles. The molecule has 180 valence electrons. The Labute approximate surface area is 199 Å². The molecule has 0 saturated carbocycles. The molecule has 2 atom stereocenters. The number of benzene rings is 2. The van der Waals surface area contributed by atoms with E-state index in [4.69, 9.17) is 9.47 Å². The molecule has 2 N–H and O–H groups in total. The summed E-state index contributed by atoms with van der Waals surface area (Å²) in [5.41, 5.74) is 1.99. The van der Waals surface area contributed by atoms with Gasteiger partial charge in [-0.25, -0.2) is 0 Å². The van der Waals surface area contributed by atoms with Crippen molar-refractivity contribution in [2.24, 2.45) is 0 Å². The van der Waals surface area contributed by atoms with Gasteiger partial charge in [0.2, 0.25) is 0 Å². The van der Waals surface area contributed by atoms with Crippen LogP contribution < -0.4 is 9.47 Å². The Morgan fingerprint density at radius 2 is 1.97 bits per heavy atom. The number of aromatic hydroxyl groups is 1. The molecule has 2 heterocycles. The van der Waals surface area contributed by atoms with E-state index in [-0.39, 0.29) is 28.9 Å². The van der Waals surface area contributed by atoms with Crippen molar-refractivity contribution in [1.82, 2.24) is 9.80 Å². The maximum atomic E-state index is 13.2. The molecule has 8 nitrogen and oxygen atoms in total. The second-order valence-electron chi connectivity index (χ2n) is 9.04. The summed E-state index contributed by atoms with van der Waals surface area (Å²) in [5, 5.41) is 21.4. The standard InChI is InChI=1S/C26H30N2O6/c1-15-12-18-13-17(7-9-20(18)34-15)24(30)22-23(16-6-8-19(29)21(14-16)33-4)28(26(32)25(22)31)11-5-10-27(2)3/h6-9,13-15,23,29-30H,5,10-12H2,1-4H3. The van der Waals surface area contributed by atoms with Crippen LogP contribution in [0, 0.1) is 0 Å². The number of fused-ring (bicyclic) bond motifs is 1. The maximum Gasteiger partial charge on any atom is 0.295 e. The summed E-state index contributed by atoms with van der Waals surface area (Å²) in [6, 6.07) is 9.17.